The smallest absolute Gasteiger partial charge is 0.266 e. The number of rotatable bonds is 3. The summed E-state index contributed by atoms with van der Waals surface area (Å²) in [5.74, 6) is -1.21. The maximum absolute atomic E-state index is 13.3. The van der Waals surface area contributed by atoms with Crippen LogP contribution in [-0.2, 0) is 14.4 Å². The molecule has 0 aromatic heterocycles. The largest absolute Gasteiger partial charge is 0.293 e. The summed E-state index contributed by atoms with van der Waals surface area (Å²) in [6, 6.07) is 11.5. The van der Waals surface area contributed by atoms with Crippen LogP contribution in [0.4, 0.5) is 11.4 Å². The zero-order valence-electron chi connectivity index (χ0n) is 15.6. The summed E-state index contributed by atoms with van der Waals surface area (Å²) in [6.07, 6.45) is 0. The lowest BCUT2D eigenvalue weighted by Gasteiger charge is -2.27. The van der Waals surface area contributed by atoms with Gasteiger partial charge >= 0.3 is 0 Å². The molecule has 1 fully saturated rings. The van der Waals surface area contributed by atoms with Gasteiger partial charge in [-0.15, -0.1) is 0 Å². The lowest BCUT2D eigenvalue weighted by molar-refractivity contribution is -0.121. The summed E-state index contributed by atoms with van der Waals surface area (Å²) in [5, 5.41) is 2.09. The Balaban J connectivity index is 1.84. The zero-order valence-corrected chi connectivity index (χ0v) is 16.4. The summed E-state index contributed by atoms with van der Waals surface area (Å²) >= 11 is 6.24. The van der Waals surface area contributed by atoms with Crippen LogP contribution in [0.3, 0.4) is 0 Å². The first-order valence-electron chi connectivity index (χ1n) is 8.82. The molecule has 142 valence electrons. The van der Waals surface area contributed by atoms with E-state index in [1.165, 1.54) is 6.92 Å². The predicted octanol–water partition coefficient (Wildman–Crippen LogP) is 3.07. The van der Waals surface area contributed by atoms with Crippen molar-refractivity contribution >= 4 is 40.6 Å². The van der Waals surface area contributed by atoms with Crippen LogP contribution in [0.5, 0.6) is 0 Å². The van der Waals surface area contributed by atoms with E-state index in [4.69, 9.17) is 11.6 Å². The third-order valence-corrected chi connectivity index (χ3v) is 5.47. The Morgan fingerprint density at radius 1 is 1.07 bits per heavy atom. The van der Waals surface area contributed by atoms with Crippen molar-refractivity contribution in [3.8, 4) is 0 Å². The Hall–Kier alpha value is -3.12. The van der Waals surface area contributed by atoms with E-state index in [1.807, 2.05) is 26.0 Å². The zero-order chi connectivity index (χ0) is 20.2. The third kappa shape index (κ3) is 2.60. The number of nitrogens with zero attached hydrogens (tertiary/aromatic N) is 2. The predicted molar refractivity (Wildman–Crippen MR) is 107 cm³/mol. The molecule has 1 N–H and O–H groups in total. The van der Waals surface area contributed by atoms with Gasteiger partial charge in [-0.2, -0.15) is 0 Å². The van der Waals surface area contributed by atoms with Crippen LogP contribution in [0.2, 0.25) is 5.02 Å². The number of halogens is 1. The number of amides is 2. The highest BCUT2D eigenvalue weighted by Crippen LogP contribution is 2.38. The number of imide groups is 1. The Bertz CT molecular complexity index is 1060. The third-order valence-electron chi connectivity index (χ3n) is 5.06. The van der Waals surface area contributed by atoms with E-state index in [-0.39, 0.29) is 17.1 Å². The molecular formula is C21H18ClN3O3. The van der Waals surface area contributed by atoms with E-state index in [9.17, 15) is 14.4 Å². The van der Waals surface area contributed by atoms with E-state index in [0.29, 0.717) is 16.4 Å². The molecule has 0 spiro atoms. The first kappa shape index (κ1) is 18.3. The van der Waals surface area contributed by atoms with Gasteiger partial charge in [0.05, 0.1) is 16.9 Å². The van der Waals surface area contributed by atoms with Crippen molar-refractivity contribution in [2.75, 3.05) is 9.91 Å². The molecule has 0 aliphatic carbocycles. The first-order chi connectivity index (χ1) is 13.3. The Morgan fingerprint density at radius 3 is 2.39 bits per heavy atom. The number of hydrogen-bond donors (Lipinski definition) is 1. The van der Waals surface area contributed by atoms with Crippen LogP contribution >= 0.6 is 11.6 Å². The Labute approximate surface area is 167 Å². The van der Waals surface area contributed by atoms with Crippen molar-refractivity contribution in [3.63, 3.8) is 0 Å². The molecule has 0 saturated carbocycles. The minimum atomic E-state index is -0.926. The number of carbonyl (C=O) groups excluding carboxylic acids is 3. The molecule has 6 nitrogen and oxygen atoms in total. The van der Waals surface area contributed by atoms with Gasteiger partial charge in [-0.3, -0.25) is 24.8 Å². The molecule has 2 aromatic rings. The monoisotopic (exact) mass is 395 g/mol. The van der Waals surface area contributed by atoms with E-state index in [1.54, 1.807) is 35.3 Å². The molecule has 2 aliphatic rings. The summed E-state index contributed by atoms with van der Waals surface area (Å²) in [7, 11) is 0. The molecule has 1 saturated heterocycles. The molecule has 2 aromatic carbocycles. The molecular weight excluding hydrogens is 378 g/mol. The van der Waals surface area contributed by atoms with E-state index < -0.39 is 17.9 Å². The molecule has 2 amide bonds. The molecule has 0 unspecified atom stereocenters. The van der Waals surface area contributed by atoms with Gasteiger partial charge in [-0.1, -0.05) is 35.4 Å². The fourth-order valence-electron chi connectivity index (χ4n) is 3.57. The van der Waals surface area contributed by atoms with Gasteiger partial charge in [0.25, 0.3) is 11.8 Å². The number of carbonyl (C=O) groups is 3. The first-order valence-corrected chi connectivity index (χ1v) is 9.20. The number of nitrogens with one attached hydrogen (secondary N) is 1. The van der Waals surface area contributed by atoms with Crippen molar-refractivity contribution in [3.05, 3.63) is 69.9 Å². The number of hydrazine groups is 1. The summed E-state index contributed by atoms with van der Waals surface area (Å²) in [6.45, 7) is 5.12. The summed E-state index contributed by atoms with van der Waals surface area (Å²) in [4.78, 5) is 39.7. The highest BCUT2D eigenvalue weighted by molar-refractivity contribution is 6.34. The molecule has 0 radical (unpaired) electrons. The average molecular weight is 396 g/mol. The van der Waals surface area contributed by atoms with E-state index in [2.05, 4.69) is 5.43 Å². The van der Waals surface area contributed by atoms with Gasteiger partial charge in [0.1, 0.15) is 5.70 Å². The minimum absolute atomic E-state index is 0.136. The van der Waals surface area contributed by atoms with Crippen LogP contribution in [0.25, 0.3) is 0 Å². The van der Waals surface area contributed by atoms with Gasteiger partial charge in [0.15, 0.2) is 11.8 Å². The fraction of sp³-hybridized carbons (Fsp3) is 0.190. The molecule has 1 atom stereocenters. The second-order valence-electron chi connectivity index (χ2n) is 6.93. The molecule has 0 bridgehead atoms. The number of fused-ring (bicyclic) bond motifs is 1. The molecule has 28 heavy (non-hydrogen) atoms. The van der Waals surface area contributed by atoms with Crippen LogP contribution in [0.15, 0.2) is 53.7 Å². The van der Waals surface area contributed by atoms with Crippen LogP contribution in [0, 0.1) is 13.8 Å². The fourth-order valence-corrected chi connectivity index (χ4v) is 3.74. The lowest BCUT2D eigenvalue weighted by atomic mass is 10.1. The number of Topliss-reactive ketones (excluding diaryl/α,β-unsaturated/α-hetero) is 1. The highest BCUT2D eigenvalue weighted by Gasteiger charge is 2.53. The van der Waals surface area contributed by atoms with Gasteiger partial charge in [-0.05, 0) is 43.7 Å². The van der Waals surface area contributed by atoms with Crippen molar-refractivity contribution in [2.24, 2.45) is 0 Å². The number of benzene rings is 2. The molecule has 2 aliphatic heterocycles. The molecule has 7 heteroatoms. The lowest BCUT2D eigenvalue weighted by Crippen LogP contribution is -2.46. The van der Waals surface area contributed by atoms with E-state index >= 15 is 0 Å². The number of anilines is 2. The number of allylic oxidation sites excluding steroid dienone is 1. The van der Waals surface area contributed by atoms with Gasteiger partial charge in [0, 0.05) is 11.9 Å². The van der Waals surface area contributed by atoms with Crippen molar-refractivity contribution in [1.82, 2.24) is 5.43 Å². The normalized spacial score (nSPS) is 18.6. The van der Waals surface area contributed by atoms with Gasteiger partial charge in [-0.25, -0.2) is 4.90 Å². The maximum Gasteiger partial charge on any atom is 0.266 e. The van der Waals surface area contributed by atoms with Gasteiger partial charge in [0.2, 0.25) is 0 Å². The summed E-state index contributed by atoms with van der Waals surface area (Å²) < 4.78 is 0. The maximum atomic E-state index is 13.3. The number of hydrogen-bond acceptors (Lipinski definition) is 5. The molecule has 2 heterocycles. The standard InChI is InChI=1S/C21H18ClN3O3/c1-11-7-9-14(10-8-11)24-20(27)17-18(13(3)26)23-25(19(17)21(24)28)16-6-4-5-15(22)12(16)2/h4-10,19,23H,1-3H3/t19-/m1/s1. The topological polar surface area (TPSA) is 69.7 Å². The van der Waals surface area contributed by atoms with Crippen molar-refractivity contribution in [2.45, 2.75) is 26.8 Å². The van der Waals surface area contributed by atoms with Crippen molar-refractivity contribution in [1.29, 1.82) is 0 Å². The number of aryl methyl sites for hydroxylation is 1. The Morgan fingerprint density at radius 2 is 1.75 bits per heavy atom. The SMILES string of the molecule is CC(=O)C1=C2C(=O)N(c3ccc(C)cc3)C(=O)[C@@H]2N(c2cccc(Cl)c2C)N1. The van der Waals surface area contributed by atoms with E-state index in [0.717, 1.165) is 16.0 Å². The number of ketones is 1. The molecule has 4 rings (SSSR count). The summed E-state index contributed by atoms with van der Waals surface area (Å²) in [5.41, 5.74) is 6.14. The minimum Gasteiger partial charge on any atom is -0.293 e. The van der Waals surface area contributed by atoms with Crippen LogP contribution in [0.1, 0.15) is 18.1 Å². The van der Waals surface area contributed by atoms with Crippen molar-refractivity contribution < 1.29 is 14.4 Å². The highest BCUT2D eigenvalue weighted by atomic mass is 35.5. The van der Waals surface area contributed by atoms with Crippen LogP contribution < -0.4 is 15.3 Å². The van der Waals surface area contributed by atoms with Gasteiger partial charge < -0.3 is 0 Å². The van der Waals surface area contributed by atoms with Crippen LogP contribution in [-0.4, -0.2) is 23.6 Å². The second kappa shape index (κ2) is 6.49. The second-order valence-corrected chi connectivity index (χ2v) is 7.33. The average Bonchev–Trinajstić information content (AvgIpc) is 3.16. The quantitative estimate of drug-likeness (QED) is 0.809. The Kier molecular flexibility index (Phi) is 4.23.